The Hall–Kier alpha value is -1.64. The lowest BCUT2D eigenvalue weighted by molar-refractivity contribution is 0.181. The van der Waals surface area contributed by atoms with Gasteiger partial charge in [-0.15, -0.1) is 0 Å². The SMILES string of the molecule is COCc1c(C)c(C)c(COC)c2c1Cc1cc(C)c(C)cc1-2. The average Bonchev–Trinajstić information content (AvgIpc) is 2.86. The predicted octanol–water partition coefficient (Wildman–Crippen LogP) is 4.78. The monoisotopic (exact) mass is 310 g/mol. The molecule has 0 aromatic heterocycles. The summed E-state index contributed by atoms with van der Waals surface area (Å²) < 4.78 is 11.0. The molecule has 0 aliphatic heterocycles. The molecule has 0 unspecified atom stereocenters. The standard InChI is InChI=1S/C21H26O2/c1-12-7-16-9-18-19(10-22-5)14(3)15(4)20(11-23-6)21(18)17(16)8-13(12)2/h7-8H,9-11H2,1-6H3. The highest BCUT2D eigenvalue weighted by Gasteiger charge is 2.27. The number of methoxy groups -OCH3 is 2. The van der Waals surface area contributed by atoms with E-state index in [-0.39, 0.29) is 0 Å². The van der Waals surface area contributed by atoms with Gasteiger partial charge in [-0.25, -0.2) is 0 Å². The van der Waals surface area contributed by atoms with Crippen LogP contribution >= 0.6 is 0 Å². The van der Waals surface area contributed by atoms with Crippen LogP contribution in [0.25, 0.3) is 11.1 Å². The highest BCUT2D eigenvalue weighted by Crippen LogP contribution is 2.44. The second-order valence-corrected chi connectivity index (χ2v) is 6.70. The minimum atomic E-state index is 0.661. The summed E-state index contributed by atoms with van der Waals surface area (Å²) in [7, 11) is 3.56. The average molecular weight is 310 g/mol. The number of hydrogen-bond donors (Lipinski definition) is 0. The van der Waals surface area contributed by atoms with E-state index < -0.39 is 0 Å². The summed E-state index contributed by atoms with van der Waals surface area (Å²) in [6, 6.07) is 4.70. The molecule has 0 bridgehead atoms. The normalized spacial score (nSPS) is 12.4. The number of rotatable bonds is 4. The lowest BCUT2D eigenvalue weighted by Gasteiger charge is -2.20. The van der Waals surface area contributed by atoms with Crippen molar-refractivity contribution in [3.63, 3.8) is 0 Å². The van der Waals surface area contributed by atoms with Crippen LogP contribution in [0.3, 0.4) is 0 Å². The third-order valence-electron chi connectivity index (χ3n) is 5.37. The zero-order valence-corrected chi connectivity index (χ0v) is 15.1. The lowest BCUT2D eigenvalue weighted by atomic mass is 9.87. The maximum atomic E-state index is 5.53. The van der Waals surface area contributed by atoms with Crippen LogP contribution in [0.2, 0.25) is 0 Å². The molecule has 3 rings (SSSR count). The molecule has 122 valence electrons. The third-order valence-corrected chi connectivity index (χ3v) is 5.37. The summed E-state index contributed by atoms with van der Waals surface area (Å²) in [4.78, 5) is 0. The van der Waals surface area contributed by atoms with Crippen molar-refractivity contribution in [3.05, 3.63) is 56.6 Å². The molecule has 0 fully saturated rings. The van der Waals surface area contributed by atoms with Crippen LogP contribution < -0.4 is 0 Å². The molecule has 0 atom stereocenters. The summed E-state index contributed by atoms with van der Waals surface area (Å²) in [6.07, 6.45) is 1.00. The Morgan fingerprint density at radius 1 is 0.826 bits per heavy atom. The Balaban J connectivity index is 2.33. The van der Waals surface area contributed by atoms with E-state index >= 15 is 0 Å². The van der Waals surface area contributed by atoms with Crippen molar-refractivity contribution in [2.45, 2.75) is 47.3 Å². The van der Waals surface area contributed by atoms with Gasteiger partial charge in [0.15, 0.2) is 0 Å². The van der Waals surface area contributed by atoms with E-state index in [0.29, 0.717) is 13.2 Å². The largest absolute Gasteiger partial charge is 0.380 e. The van der Waals surface area contributed by atoms with E-state index in [4.69, 9.17) is 9.47 Å². The molecule has 0 heterocycles. The molecule has 2 aromatic carbocycles. The second kappa shape index (κ2) is 6.10. The Labute approximate surface area is 139 Å². The molecule has 2 nitrogen and oxygen atoms in total. The molecule has 0 amide bonds. The Morgan fingerprint density at radius 2 is 1.39 bits per heavy atom. The summed E-state index contributed by atoms with van der Waals surface area (Å²) in [5.41, 5.74) is 13.7. The Bertz CT molecular complexity index is 772. The van der Waals surface area contributed by atoms with E-state index in [1.165, 1.54) is 55.6 Å². The molecular weight excluding hydrogens is 284 g/mol. The number of fused-ring (bicyclic) bond motifs is 3. The lowest BCUT2D eigenvalue weighted by Crippen LogP contribution is -2.06. The van der Waals surface area contributed by atoms with Gasteiger partial charge in [-0.05, 0) is 89.8 Å². The zero-order valence-electron chi connectivity index (χ0n) is 15.1. The minimum Gasteiger partial charge on any atom is -0.380 e. The highest BCUT2D eigenvalue weighted by molar-refractivity contribution is 5.83. The first-order valence-electron chi connectivity index (χ1n) is 8.21. The number of ether oxygens (including phenoxy) is 2. The van der Waals surface area contributed by atoms with Crippen LogP contribution in [0, 0.1) is 27.7 Å². The zero-order chi connectivity index (χ0) is 16.7. The fourth-order valence-electron chi connectivity index (χ4n) is 3.83. The molecule has 1 aliphatic carbocycles. The van der Waals surface area contributed by atoms with Gasteiger partial charge in [0.25, 0.3) is 0 Å². The second-order valence-electron chi connectivity index (χ2n) is 6.70. The van der Waals surface area contributed by atoms with Crippen LogP contribution in [0.1, 0.15) is 44.5 Å². The summed E-state index contributed by atoms with van der Waals surface area (Å²) in [5, 5.41) is 0. The fraction of sp³-hybridized carbons (Fsp3) is 0.429. The van der Waals surface area contributed by atoms with Crippen molar-refractivity contribution < 1.29 is 9.47 Å². The number of hydrogen-bond acceptors (Lipinski definition) is 2. The van der Waals surface area contributed by atoms with Crippen LogP contribution in [0.15, 0.2) is 12.1 Å². The van der Waals surface area contributed by atoms with Gasteiger partial charge >= 0.3 is 0 Å². The quantitative estimate of drug-likeness (QED) is 0.690. The van der Waals surface area contributed by atoms with Crippen LogP contribution in [-0.2, 0) is 29.1 Å². The molecule has 23 heavy (non-hydrogen) atoms. The van der Waals surface area contributed by atoms with Crippen LogP contribution in [0.4, 0.5) is 0 Å². The topological polar surface area (TPSA) is 18.5 Å². The maximum Gasteiger partial charge on any atom is 0.0721 e. The van der Waals surface area contributed by atoms with Crippen LogP contribution in [0.5, 0.6) is 0 Å². The van der Waals surface area contributed by atoms with Gasteiger partial charge in [-0.3, -0.25) is 0 Å². The minimum absolute atomic E-state index is 0.661. The maximum absolute atomic E-state index is 5.53. The number of benzene rings is 2. The van der Waals surface area contributed by atoms with E-state index in [9.17, 15) is 0 Å². The van der Waals surface area contributed by atoms with Crippen molar-refractivity contribution in [1.29, 1.82) is 0 Å². The van der Waals surface area contributed by atoms with Crippen molar-refractivity contribution in [2.75, 3.05) is 14.2 Å². The first-order valence-corrected chi connectivity index (χ1v) is 8.21. The smallest absolute Gasteiger partial charge is 0.0721 e. The molecule has 0 radical (unpaired) electrons. The Morgan fingerprint density at radius 3 is 2.04 bits per heavy atom. The number of aryl methyl sites for hydroxylation is 2. The predicted molar refractivity (Wildman–Crippen MR) is 95.1 cm³/mol. The summed E-state index contributed by atoms with van der Waals surface area (Å²) in [5.74, 6) is 0. The van der Waals surface area contributed by atoms with Gasteiger partial charge in [-0.1, -0.05) is 12.1 Å². The summed E-state index contributed by atoms with van der Waals surface area (Å²) in [6.45, 7) is 10.1. The molecule has 0 spiro atoms. The summed E-state index contributed by atoms with van der Waals surface area (Å²) >= 11 is 0. The fourth-order valence-corrected chi connectivity index (χ4v) is 3.83. The van der Waals surface area contributed by atoms with Gasteiger partial charge in [0.1, 0.15) is 0 Å². The molecule has 0 saturated heterocycles. The third kappa shape index (κ3) is 2.50. The van der Waals surface area contributed by atoms with Crippen molar-refractivity contribution in [2.24, 2.45) is 0 Å². The van der Waals surface area contributed by atoms with E-state index in [1.54, 1.807) is 14.2 Å². The van der Waals surface area contributed by atoms with Crippen LogP contribution in [-0.4, -0.2) is 14.2 Å². The first-order chi connectivity index (χ1) is 11.0. The van der Waals surface area contributed by atoms with Gasteiger partial charge in [-0.2, -0.15) is 0 Å². The van der Waals surface area contributed by atoms with Gasteiger partial charge in [0.05, 0.1) is 13.2 Å². The van der Waals surface area contributed by atoms with Crippen molar-refractivity contribution >= 4 is 0 Å². The molecule has 0 saturated carbocycles. The van der Waals surface area contributed by atoms with Gasteiger partial charge < -0.3 is 9.47 Å². The van der Waals surface area contributed by atoms with E-state index in [1.807, 2.05) is 0 Å². The Kier molecular flexibility index (Phi) is 4.31. The van der Waals surface area contributed by atoms with Crippen molar-refractivity contribution in [3.8, 4) is 11.1 Å². The van der Waals surface area contributed by atoms with E-state index in [2.05, 4.69) is 39.8 Å². The van der Waals surface area contributed by atoms with Gasteiger partial charge in [0.2, 0.25) is 0 Å². The molecule has 0 N–H and O–H groups in total. The molecule has 2 heteroatoms. The van der Waals surface area contributed by atoms with Gasteiger partial charge in [0, 0.05) is 14.2 Å². The van der Waals surface area contributed by atoms with E-state index in [0.717, 1.165) is 6.42 Å². The first kappa shape index (κ1) is 16.2. The molecular formula is C21H26O2. The molecule has 2 aromatic rings. The van der Waals surface area contributed by atoms with Crippen molar-refractivity contribution in [1.82, 2.24) is 0 Å². The highest BCUT2D eigenvalue weighted by atomic mass is 16.5. The molecule has 1 aliphatic rings.